The molecule has 0 aliphatic heterocycles. The van der Waals surface area contributed by atoms with E-state index in [0.717, 1.165) is 6.07 Å². The number of carbonyl (C=O) groups is 3. The predicted octanol–water partition coefficient (Wildman–Crippen LogP) is 0.439. The molecule has 0 radical (unpaired) electrons. The van der Waals surface area contributed by atoms with E-state index in [1.807, 2.05) is 0 Å². The van der Waals surface area contributed by atoms with E-state index in [4.69, 9.17) is 11.6 Å². The van der Waals surface area contributed by atoms with Gasteiger partial charge in [0.2, 0.25) is 6.41 Å². The number of nitro groups is 1. The summed E-state index contributed by atoms with van der Waals surface area (Å²) in [5, 5.41) is 17.6. The van der Waals surface area contributed by atoms with Crippen LogP contribution in [0.1, 0.15) is 6.42 Å². The second-order valence-corrected chi connectivity index (χ2v) is 4.47. The summed E-state index contributed by atoms with van der Waals surface area (Å²) in [4.78, 5) is 43.1. The van der Waals surface area contributed by atoms with Gasteiger partial charge in [-0.3, -0.25) is 24.5 Å². The third-order valence-electron chi connectivity index (χ3n) is 2.47. The fourth-order valence-electron chi connectivity index (χ4n) is 1.45. The minimum atomic E-state index is -0.958. The summed E-state index contributed by atoms with van der Waals surface area (Å²) in [5.41, 5.74) is -0.293. The largest absolute Gasteiger partial charge is 0.359 e. The summed E-state index contributed by atoms with van der Waals surface area (Å²) < 4.78 is 0. The van der Waals surface area contributed by atoms with Crippen molar-refractivity contribution in [2.75, 3.05) is 18.4 Å². The molecule has 22 heavy (non-hydrogen) atoms. The number of anilines is 1. The van der Waals surface area contributed by atoms with Crippen molar-refractivity contribution in [2.24, 2.45) is 0 Å². The van der Waals surface area contributed by atoms with E-state index in [2.05, 4.69) is 16.0 Å². The number of hydrogen-bond acceptors (Lipinski definition) is 5. The molecule has 1 aromatic rings. The van der Waals surface area contributed by atoms with Crippen LogP contribution < -0.4 is 16.0 Å². The van der Waals surface area contributed by atoms with Gasteiger partial charge >= 0.3 is 11.8 Å². The molecular formula is C12H13ClN4O5. The summed E-state index contributed by atoms with van der Waals surface area (Å²) in [6, 6.07) is 3.65. The normalized spacial score (nSPS) is 9.68. The number of halogens is 1. The predicted molar refractivity (Wildman–Crippen MR) is 78.4 cm³/mol. The van der Waals surface area contributed by atoms with Gasteiger partial charge in [-0.05, 0) is 18.6 Å². The third kappa shape index (κ3) is 5.37. The molecular weight excluding hydrogens is 316 g/mol. The van der Waals surface area contributed by atoms with E-state index in [0.29, 0.717) is 19.4 Å². The third-order valence-corrected chi connectivity index (χ3v) is 2.79. The molecule has 3 amide bonds. The van der Waals surface area contributed by atoms with E-state index in [-0.39, 0.29) is 22.9 Å². The summed E-state index contributed by atoms with van der Waals surface area (Å²) in [6.45, 7) is 0.572. The molecule has 0 bridgehead atoms. The van der Waals surface area contributed by atoms with Crippen LogP contribution in [-0.2, 0) is 14.4 Å². The second kappa shape index (κ2) is 8.57. The Bertz CT molecular complexity index is 593. The molecule has 1 aromatic carbocycles. The van der Waals surface area contributed by atoms with Crippen LogP contribution in [0, 0.1) is 10.1 Å². The van der Waals surface area contributed by atoms with Gasteiger partial charge < -0.3 is 16.0 Å². The van der Waals surface area contributed by atoms with Crippen molar-refractivity contribution in [3.8, 4) is 0 Å². The second-order valence-electron chi connectivity index (χ2n) is 4.06. The average Bonchev–Trinajstić information content (AvgIpc) is 2.48. The van der Waals surface area contributed by atoms with E-state index >= 15 is 0 Å². The van der Waals surface area contributed by atoms with Crippen molar-refractivity contribution in [3.05, 3.63) is 33.3 Å². The monoisotopic (exact) mass is 328 g/mol. The first-order chi connectivity index (χ1) is 10.5. The lowest BCUT2D eigenvalue weighted by atomic mass is 10.2. The van der Waals surface area contributed by atoms with Gasteiger partial charge in [-0.2, -0.15) is 0 Å². The van der Waals surface area contributed by atoms with Gasteiger partial charge in [0.15, 0.2) is 0 Å². The van der Waals surface area contributed by atoms with Crippen LogP contribution in [0.15, 0.2) is 18.2 Å². The van der Waals surface area contributed by atoms with Gasteiger partial charge in [0.25, 0.3) is 5.69 Å². The topological polar surface area (TPSA) is 130 Å². The fraction of sp³-hybridized carbons (Fsp3) is 0.250. The zero-order chi connectivity index (χ0) is 16.5. The summed E-state index contributed by atoms with van der Waals surface area (Å²) in [7, 11) is 0. The van der Waals surface area contributed by atoms with Crippen LogP contribution >= 0.6 is 11.6 Å². The molecule has 9 nitrogen and oxygen atoms in total. The highest BCUT2D eigenvalue weighted by Gasteiger charge is 2.17. The molecule has 0 heterocycles. The Hall–Kier alpha value is -2.68. The molecule has 0 atom stereocenters. The number of rotatable bonds is 7. The van der Waals surface area contributed by atoms with Crippen molar-refractivity contribution >= 4 is 41.2 Å². The number of amides is 3. The molecule has 0 unspecified atom stereocenters. The number of carbonyl (C=O) groups excluding carboxylic acids is 3. The van der Waals surface area contributed by atoms with Crippen LogP contribution in [0.3, 0.4) is 0 Å². The quantitative estimate of drug-likeness (QED) is 0.220. The SMILES string of the molecule is O=CNCCCNC(=O)C(=O)Nc1ccc(Cl)c([N+](=O)[O-])c1. The Morgan fingerprint density at radius 3 is 2.64 bits per heavy atom. The maximum absolute atomic E-state index is 11.6. The van der Waals surface area contributed by atoms with Gasteiger partial charge in [0.05, 0.1) is 4.92 Å². The molecule has 0 saturated carbocycles. The highest BCUT2D eigenvalue weighted by atomic mass is 35.5. The molecule has 0 saturated heterocycles. The molecule has 0 spiro atoms. The van der Waals surface area contributed by atoms with E-state index in [1.165, 1.54) is 12.1 Å². The molecule has 3 N–H and O–H groups in total. The number of benzene rings is 1. The van der Waals surface area contributed by atoms with E-state index < -0.39 is 16.7 Å². The first-order valence-electron chi connectivity index (χ1n) is 6.16. The number of hydrogen-bond donors (Lipinski definition) is 3. The molecule has 0 fully saturated rings. The Labute approximate surface area is 130 Å². The Balaban J connectivity index is 2.54. The summed E-state index contributed by atoms with van der Waals surface area (Å²) >= 11 is 5.64. The van der Waals surface area contributed by atoms with Crippen molar-refractivity contribution in [1.82, 2.24) is 10.6 Å². The average molecular weight is 329 g/mol. The van der Waals surface area contributed by atoms with E-state index in [9.17, 15) is 24.5 Å². The zero-order valence-corrected chi connectivity index (χ0v) is 12.1. The van der Waals surface area contributed by atoms with Crippen LogP contribution in [-0.4, -0.2) is 36.2 Å². The Morgan fingerprint density at radius 2 is 2.00 bits per heavy atom. The van der Waals surface area contributed by atoms with Crippen LogP contribution in [0.4, 0.5) is 11.4 Å². The van der Waals surface area contributed by atoms with Gasteiger partial charge in [0, 0.05) is 24.8 Å². The lowest BCUT2D eigenvalue weighted by Crippen LogP contribution is -2.36. The van der Waals surface area contributed by atoms with Gasteiger partial charge in [0.1, 0.15) is 5.02 Å². The Morgan fingerprint density at radius 1 is 1.27 bits per heavy atom. The van der Waals surface area contributed by atoms with Crippen molar-refractivity contribution in [1.29, 1.82) is 0 Å². The fourth-order valence-corrected chi connectivity index (χ4v) is 1.64. The minimum Gasteiger partial charge on any atom is -0.359 e. The highest BCUT2D eigenvalue weighted by molar-refractivity contribution is 6.39. The highest BCUT2D eigenvalue weighted by Crippen LogP contribution is 2.27. The van der Waals surface area contributed by atoms with Gasteiger partial charge in [-0.1, -0.05) is 11.6 Å². The molecule has 0 aliphatic carbocycles. The summed E-state index contributed by atoms with van der Waals surface area (Å²) in [5.74, 6) is -1.84. The van der Waals surface area contributed by atoms with Crippen molar-refractivity contribution in [3.63, 3.8) is 0 Å². The molecule has 0 aliphatic rings. The standard InChI is InChI=1S/C12H13ClN4O5/c13-9-3-2-8(6-10(9)17(21)22)16-12(20)11(19)15-5-1-4-14-7-18/h2-3,6-7H,1,4-5H2,(H,14,18)(H,15,19)(H,16,20). The van der Waals surface area contributed by atoms with Crippen LogP contribution in [0.25, 0.3) is 0 Å². The smallest absolute Gasteiger partial charge is 0.313 e. The molecule has 118 valence electrons. The Kier molecular flexibility index (Phi) is 6.77. The van der Waals surface area contributed by atoms with Crippen molar-refractivity contribution in [2.45, 2.75) is 6.42 Å². The summed E-state index contributed by atoms with van der Waals surface area (Å²) in [6.07, 6.45) is 0.992. The molecule has 1 rings (SSSR count). The first kappa shape index (κ1) is 17.4. The molecule has 0 aromatic heterocycles. The van der Waals surface area contributed by atoms with Gasteiger partial charge in [-0.15, -0.1) is 0 Å². The number of nitrogens with zero attached hydrogens (tertiary/aromatic N) is 1. The van der Waals surface area contributed by atoms with Gasteiger partial charge in [-0.25, -0.2) is 0 Å². The number of nitrogens with one attached hydrogen (secondary N) is 3. The lowest BCUT2D eigenvalue weighted by molar-refractivity contribution is -0.384. The van der Waals surface area contributed by atoms with E-state index in [1.54, 1.807) is 0 Å². The first-order valence-corrected chi connectivity index (χ1v) is 6.53. The van der Waals surface area contributed by atoms with Crippen molar-refractivity contribution < 1.29 is 19.3 Å². The maximum atomic E-state index is 11.6. The maximum Gasteiger partial charge on any atom is 0.313 e. The lowest BCUT2D eigenvalue weighted by Gasteiger charge is -2.06. The van der Waals surface area contributed by atoms with Crippen LogP contribution in [0.5, 0.6) is 0 Å². The zero-order valence-electron chi connectivity index (χ0n) is 11.3. The van der Waals surface area contributed by atoms with Crippen LogP contribution in [0.2, 0.25) is 5.02 Å². The number of nitro benzene ring substituents is 1. The minimum absolute atomic E-state index is 0.0740. The molecule has 10 heteroatoms.